The third-order valence-electron chi connectivity index (χ3n) is 4.16. The van der Waals surface area contributed by atoms with E-state index in [1.807, 2.05) is 10.9 Å². The summed E-state index contributed by atoms with van der Waals surface area (Å²) in [5.74, 6) is 0. The third-order valence-corrected chi connectivity index (χ3v) is 4.67. The molecule has 2 rings (SSSR count). The molecule has 0 N–H and O–H groups in total. The number of rotatable bonds is 7. The van der Waals surface area contributed by atoms with Gasteiger partial charge in [-0.15, -0.1) is 0 Å². The predicted octanol–water partition coefficient (Wildman–Crippen LogP) is 5.22. The smallest absolute Gasteiger partial charge is 0.246 e. The highest BCUT2D eigenvalue weighted by molar-refractivity contribution is 8.12. The number of hydrogen-bond donors (Lipinski definition) is 0. The quantitative estimate of drug-likeness (QED) is 0.227. The first kappa shape index (κ1) is 16.9. The Labute approximate surface area is 135 Å². The summed E-state index contributed by atoms with van der Waals surface area (Å²) in [5.41, 5.74) is 9.84. The SMILES string of the molecule is CCCCCc1cn(C2CCCCC2)nc1C(=O)SN=[N+]=[N-]. The molecule has 0 spiro atoms. The molecule has 0 amide bonds. The van der Waals surface area contributed by atoms with Gasteiger partial charge >= 0.3 is 0 Å². The molecular weight excluding hydrogens is 298 g/mol. The maximum Gasteiger partial charge on any atom is 0.246 e. The normalized spacial score (nSPS) is 15.5. The van der Waals surface area contributed by atoms with Crippen molar-refractivity contribution >= 4 is 17.1 Å². The molecule has 1 aromatic rings. The molecule has 0 atom stereocenters. The van der Waals surface area contributed by atoms with Crippen molar-refractivity contribution in [3.05, 3.63) is 27.9 Å². The molecule has 120 valence electrons. The van der Waals surface area contributed by atoms with E-state index in [1.165, 1.54) is 19.3 Å². The van der Waals surface area contributed by atoms with Crippen LogP contribution in [0.15, 0.2) is 10.7 Å². The van der Waals surface area contributed by atoms with Crippen LogP contribution in [0.5, 0.6) is 0 Å². The molecule has 1 aliphatic rings. The molecule has 7 heteroatoms. The molecule has 1 heterocycles. The van der Waals surface area contributed by atoms with Gasteiger partial charge in [0.05, 0.1) is 6.04 Å². The molecule has 1 fully saturated rings. The number of carbonyl (C=O) groups is 1. The molecule has 1 aliphatic carbocycles. The Morgan fingerprint density at radius 2 is 2.23 bits per heavy atom. The Hall–Kier alpha value is -1.46. The Balaban J connectivity index is 2.17. The van der Waals surface area contributed by atoms with Crippen molar-refractivity contribution < 1.29 is 4.79 Å². The van der Waals surface area contributed by atoms with Crippen LogP contribution in [0.2, 0.25) is 0 Å². The van der Waals surface area contributed by atoms with Crippen LogP contribution < -0.4 is 0 Å². The summed E-state index contributed by atoms with van der Waals surface area (Å²) in [4.78, 5) is 14.8. The zero-order chi connectivity index (χ0) is 15.8. The monoisotopic (exact) mass is 321 g/mol. The standard InChI is InChI=1S/C15H23N5OS/c1-2-3-5-8-12-11-20(13-9-6-4-7-10-13)17-14(12)15(21)22-19-18-16/h11,13H,2-10H2,1H3. The van der Waals surface area contributed by atoms with E-state index >= 15 is 0 Å². The molecular formula is C15H23N5OS. The van der Waals surface area contributed by atoms with E-state index in [2.05, 4.69) is 21.5 Å². The number of azide groups is 1. The fraction of sp³-hybridized carbons (Fsp3) is 0.733. The summed E-state index contributed by atoms with van der Waals surface area (Å²) in [6.07, 6.45) is 12.3. The van der Waals surface area contributed by atoms with Gasteiger partial charge in [0.25, 0.3) is 0 Å². The van der Waals surface area contributed by atoms with Crippen LogP contribution in [0.3, 0.4) is 0 Å². The van der Waals surface area contributed by atoms with Crippen molar-refractivity contribution in [1.29, 1.82) is 0 Å². The van der Waals surface area contributed by atoms with E-state index in [9.17, 15) is 4.79 Å². The van der Waals surface area contributed by atoms with Crippen molar-refractivity contribution in [3.63, 3.8) is 0 Å². The number of aryl methyl sites for hydroxylation is 1. The second kappa shape index (κ2) is 8.86. The maximum absolute atomic E-state index is 12.2. The number of aromatic nitrogens is 2. The van der Waals surface area contributed by atoms with Crippen LogP contribution in [0.4, 0.5) is 0 Å². The summed E-state index contributed by atoms with van der Waals surface area (Å²) in [5, 5.41) is 4.28. The van der Waals surface area contributed by atoms with Crippen LogP contribution in [-0.4, -0.2) is 14.9 Å². The second-order valence-corrected chi connectivity index (χ2v) is 6.50. The molecule has 1 saturated carbocycles. The minimum absolute atomic E-state index is 0.251. The lowest BCUT2D eigenvalue weighted by Gasteiger charge is -2.21. The predicted molar refractivity (Wildman–Crippen MR) is 88.6 cm³/mol. The van der Waals surface area contributed by atoms with Crippen molar-refractivity contribution in [2.45, 2.75) is 70.8 Å². The first-order chi connectivity index (χ1) is 10.8. The summed E-state index contributed by atoms with van der Waals surface area (Å²) in [6, 6.07) is 0.407. The van der Waals surface area contributed by atoms with Crippen LogP contribution in [-0.2, 0) is 6.42 Å². The summed E-state index contributed by atoms with van der Waals surface area (Å²) < 4.78 is 5.28. The maximum atomic E-state index is 12.2. The summed E-state index contributed by atoms with van der Waals surface area (Å²) in [7, 11) is 0. The minimum atomic E-state index is -0.251. The lowest BCUT2D eigenvalue weighted by Crippen LogP contribution is -2.13. The number of carbonyl (C=O) groups excluding carboxylic acids is 1. The lowest BCUT2D eigenvalue weighted by molar-refractivity contribution is 0.108. The topological polar surface area (TPSA) is 83.7 Å². The van der Waals surface area contributed by atoms with Crippen molar-refractivity contribution in [1.82, 2.24) is 9.78 Å². The van der Waals surface area contributed by atoms with Gasteiger partial charge in [0, 0.05) is 28.6 Å². The molecule has 22 heavy (non-hydrogen) atoms. The molecule has 0 unspecified atom stereocenters. The number of unbranched alkanes of at least 4 members (excludes halogenated alkanes) is 2. The molecule has 0 aromatic carbocycles. The molecule has 6 nitrogen and oxygen atoms in total. The minimum Gasteiger partial charge on any atom is -0.279 e. The van der Waals surface area contributed by atoms with Gasteiger partial charge in [0.15, 0.2) is 0 Å². The van der Waals surface area contributed by atoms with E-state index in [0.717, 1.165) is 44.1 Å². The van der Waals surface area contributed by atoms with E-state index in [0.29, 0.717) is 23.7 Å². The van der Waals surface area contributed by atoms with Crippen LogP contribution >= 0.6 is 11.9 Å². The van der Waals surface area contributed by atoms with Crippen LogP contribution in [0.25, 0.3) is 10.4 Å². The van der Waals surface area contributed by atoms with Gasteiger partial charge in [-0.3, -0.25) is 9.48 Å². The molecule has 0 saturated heterocycles. The second-order valence-electron chi connectivity index (χ2n) is 5.78. The fourth-order valence-electron chi connectivity index (χ4n) is 2.98. The zero-order valence-corrected chi connectivity index (χ0v) is 13.9. The van der Waals surface area contributed by atoms with Gasteiger partial charge in [-0.2, -0.15) is 5.10 Å². The molecule has 0 aliphatic heterocycles. The van der Waals surface area contributed by atoms with Crippen molar-refractivity contribution in [3.8, 4) is 0 Å². The van der Waals surface area contributed by atoms with Crippen molar-refractivity contribution in [2.75, 3.05) is 0 Å². The van der Waals surface area contributed by atoms with E-state index in [4.69, 9.17) is 5.53 Å². The van der Waals surface area contributed by atoms with Gasteiger partial charge in [0.2, 0.25) is 5.12 Å². The highest BCUT2D eigenvalue weighted by atomic mass is 32.2. The van der Waals surface area contributed by atoms with Gasteiger partial charge in [-0.05, 0) is 35.7 Å². The van der Waals surface area contributed by atoms with Gasteiger partial charge in [0.1, 0.15) is 5.69 Å². The van der Waals surface area contributed by atoms with Gasteiger partial charge in [-0.25, -0.2) is 0 Å². The molecule has 0 bridgehead atoms. The van der Waals surface area contributed by atoms with E-state index in [1.54, 1.807) is 0 Å². The Morgan fingerprint density at radius 1 is 1.45 bits per heavy atom. The fourth-order valence-corrected chi connectivity index (χ4v) is 3.35. The third kappa shape index (κ3) is 4.52. The Kier molecular flexibility index (Phi) is 6.80. The first-order valence-corrected chi connectivity index (χ1v) is 8.87. The summed E-state index contributed by atoms with van der Waals surface area (Å²) in [6.45, 7) is 2.16. The highest BCUT2D eigenvalue weighted by Crippen LogP contribution is 2.29. The first-order valence-electron chi connectivity index (χ1n) is 8.10. The lowest BCUT2D eigenvalue weighted by atomic mass is 9.96. The Bertz CT molecular complexity index is 544. The summed E-state index contributed by atoms with van der Waals surface area (Å²) >= 11 is 0.636. The largest absolute Gasteiger partial charge is 0.279 e. The average molecular weight is 321 g/mol. The highest BCUT2D eigenvalue weighted by Gasteiger charge is 2.21. The zero-order valence-electron chi connectivity index (χ0n) is 13.1. The van der Waals surface area contributed by atoms with E-state index < -0.39 is 0 Å². The van der Waals surface area contributed by atoms with Crippen LogP contribution in [0, 0.1) is 0 Å². The van der Waals surface area contributed by atoms with Gasteiger partial charge < -0.3 is 0 Å². The molecule has 1 aromatic heterocycles. The Morgan fingerprint density at radius 3 is 2.91 bits per heavy atom. The van der Waals surface area contributed by atoms with Crippen LogP contribution in [0.1, 0.15) is 80.4 Å². The molecule has 0 radical (unpaired) electrons. The number of nitrogens with zero attached hydrogens (tertiary/aromatic N) is 5. The average Bonchev–Trinajstić information content (AvgIpc) is 2.98. The van der Waals surface area contributed by atoms with Gasteiger partial charge in [-0.1, -0.05) is 39.0 Å². The van der Waals surface area contributed by atoms with E-state index in [-0.39, 0.29) is 5.12 Å². The van der Waals surface area contributed by atoms with Crippen molar-refractivity contribution in [2.24, 2.45) is 4.52 Å². The number of hydrogen-bond acceptors (Lipinski definition) is 4.